The van der Waals surface area contributed by atoms with E-state index in [0.29, 0.717) is 28.9 Å². The average Bonchev–Trinajstić information content (AvgIpc) is 2.63. The molecule has 0 amide bonds. The van der Waals surface area contributed by atoms with Crippen molar-refractivity contribution >= 4 is 16.7 Å². The Balaban J connectivity index is 1.86. The standard InChI is InChI=1S/C19H18N2O4/c1-2-3-9-24-19(23)17-10-13-6-7-14(11-16(13)18(22)21-17)25-15-5-4-8-20-12-15/h4-8,10-12H,2-3,9H2,1H3,(H,21,22). The van der Waals surface area contributed by atoms with Crippen LogP contribution in [0.4, 0.5) is 0 Å². The van der Waals surface area contributed by atoms with Crippen LogP contribution in [-0.2, 0) is 4.74 Å². The molecule has 2 aromatic heterocycles. The van der Waals surface area contributed by atoms with Crippen molar-refractivity contribution in [2.75, 3.05) is 6.61 Å². The first-order valence-corrected chi connectivity index (χ1v) is 8.09. The van der Waals surface area contributed by atoms with Crippen LogP contribution in [0.2, 0.25) is 0 Å². The van der Waals surface area contributed by atoms with Crippen LogP contribution in [0.3, 0.4) is 0 Å². The van der Waals surface area contributed by atoms with E-state index in [4.69, 9.17) is 9.47 Å². The topological polar surface area (TPSA) is 81.3 Å². The van der Waals surface area contributed by atoms with Gasteiger partial charge in [-0.3, -0.25) is 9.78 Å². The van der Waals surface area contributed by atoms with Gasteiger partial charge in [-0.1, -0.05) is 19.4 Å². The maximum absolute atomic E-state index is 12.3. The summed E-state index contributed by atoms with van der Waals surface area (Å²) in [5, 5.41) is 1.08. The summed E-state index contributed by atoms with van der Waals surface area (Å²) < 4.78 is 10.8. The van der Waals surface area contributed by atoms with Crippen molar-refractivity contribution in [3.8, 4) is 11.5 Å². The molecule has 0 radical (unpaired) electrons. The number of fused-ring (bicyclic) bond motifs is 1. The molecule has 128 valence electrons. The van der Waals surface area contributed by atoms with E-state index in [9.17, 15) is 9.59 Å². The van der Waals surface area contributed by atoms with Crippen molar-refractivity contribution in [1.29, 1.82) is 0 Å². The first-order valence-electron chi connectivity index (χ1n) is 8.09. The van der Waals surface area contributed by atoms with Gasteiger partial charge in [-0.2, -0.15) is 0 Å². The molecule has 3 aromatic rings. The fraction of sp³-hybridized carbons (Fsp3) is 0.211. The van der Waals surface area contributed by atoms with Crippen LogP contribution in [0.25, 0.3) is 10.8 Å². The summed E-state index contributed by atoms with van der Waals surface area (Å²) in [6.07, 6.45) is 4.96. The summed E-state index contributed by atoms with van der Waals surface area (Å²) >= 11 is 0. The number of carbonyl (C=O) groups excluding carboxylic acids is 1. The lowest BCUT2D eigenvalue weighted by atomic mass is 10.1. The molecule has 2 heterocycles. The summed E-state index contributed by atoms with van der Waals surface area (Å²) in [6.45, 7) is 2.35. The fourth-order valence-corrected chi connectivity index (χ4v) is 2.34. The summed E-state index contributed by atoms with van der Waals surface area (Å²) in [6, 6.07) is 10.3. The molecule has 6 heteroatoms. The SMILES string of the molecule is CCCCOC(=O)c1cc2ccc(Oc3cccnc3)cc2c(=O)[nH]1. The zero-order valence-corrected chi connectivity index (χ0v) is 13.8. The van der Waals surface area contributed by atoms with E-state index >= 15 is 0 Å². The van der Waals surface area contributed by atoms with E-state index in [1.807, 2.05) is 6.92 Å². The van der Waals surface area contributed by atoms with Crippen LogP contribution in [0.5, 0.6) is 11.5 Å². The van der Waals surface area contributed by atoms with Crippen LogP contribution >= 0.6 is 0 Å². The highest BCUT2D eigenvalue weighted by molar-refractivity contribution is 5.93. The number of hydrogen-bond acceptors (Lipinski definition) is 5. The largest absolute Gasteiger partial charge is 0.461 e. The van der Waals surface area contributed by atoms with Crippen molar-refractivity contribution in [3.63, 3.8) is 0 Å². The maximum atomic E-state index is 12.3. The summed E-state index contributed by atoms with van der Waals surface area (Å²) in [5.74, 6) is 0.571. The predicted molar refractivity (Wildman–Crippen MR) is 94.1 cm³/mol. The molecule has 0 saturated carbocycles. The Kier molecular flexibility index (Phi) is 5.09. The number of pyridine rings is 2. The number of nitrogens with one attached hydrogen (secondary N) is 1. The molecule has 25 heavy (non-hydrogen) atoms. The Morgan fingerprint density at radius 2 is 2.08 bits per heavy atom. The number of rotatable bonds is 6. The van der Waals surface area contributed by atoms with Crippen LogP contribution in [-0.4, -0.2) is 22.5 Å². The van der Waals surface area contributed by atoms with Crippen molar-refractivity contribution in [2.45, 2.75) is 19.8 Å². The molecule has 6 nitrogen and oxygen atoms in total. The molecule has 0 saturated heterocycles. The number of esters is 1. The number of benzene rings is 1. The average molecular weight is 338 g/mol. The normalized spacial score (nSPS) is 10.6. The molecule has 0 aliphatic heterocycles. The number of ether oxygens (including phenoxy) is 2. The number of aromatic nitrogens is 2. The molecular formula is C19H18N2O4. The minimum atomic E-state index is -0.525. The molecule has 0 spiro atoms. The highest BCUT2D eigenvalue weighted by Gasteiger charge is 2.11. The van der Waals surface area contributed by atoms with Crippen LogP contribution in [0.1, 0.15) is 30.3 Å². The maximum Gasteiger partial charge on any atom is 0.354 e. The van der Waals surface area contributed by atoms with E-state index in [2.05, 4.69) is 9.97 Å². The van der Waals surface area contributed by atoms with Gasteiger partial charge < -0.3 is 14.5 Å². The van der Waals surface area contributed by atoms with Gasteiger partial charge in [0, 0.05) is 6.20 Å². The third-order valence-electron chi connectivity index (χ3n) is 3.64. The number of H-pyrrole nitrogens is 1. The van der Waals surface area contributed by atoms with Crippen LogP contribution in [0.15, 0.2) is 53.6 Å². The van der Waals surface area contributed by atoms with Gasteiger partial charge >= 0.3 is 5.97 Å². The van der Waals surface area contributed by atoms with Gasteiger partial charge in [-0.25, -0.2) is 4.79 Å². The molecule has 3 rings (SSSR count). The zero-order valence-electron chi connectivity index (χ0n) is 13.8. The van der Waals surface area contributed by atoms with E-state index in [-0.39, 0.29) is 11.3 Å². The number of aromatic amines is 1. The fourth-order valence-electron chi connectivity index (χ4n) is 2.34. The van der Waals surface area contributed by atoms with Gasteiger partial charge in [-0.05, 0) is 42.1 Å². The smallest absolute Gasteiger partial charge is 0.354 e. The summed E-state index contributed by atoms with van der Waals surface area (Å²) in [7, 11) is 0. The Labute approximate surface area is 144 Å². The van der Waals surface area contributed by atoms with E-state index in [1.165, 1.54) is 0 Å². The quantitative estimate of drug-likeness (QED) is 0.548. The third kappa shape index (κ3) is 4.03. The van der Waals surface area contributed by atoms with E-state index in [0.717, 1.165) is 12.8 Å². The molecule has 1 N–H and O–H groups in total. The van der Waals surface area contributed by atoms with Gasteiger partial charge in [0.2, 0.25) is 0 Å². The van der Waals surface area contributed by atoms with Crippen molar-refractivity contribution in [3.05, 3.63) is 64.8 Å². The molecule has 0 aliphatic rings. The minimum Gasteiger partial charge on any atom is -0.461 e. The molecule has 0 bridgehead atoms. The summed E-state index contributed by atoms with van der Waals surface area (Å²) in [5.41, 5.74) is -0.217. The molecule has 0 aliphatic carbocycles. The van der Waals surface area contributed by atoms with Crippen molar-refractivity contribution in [1.82, 2.24) is 9.97 Å². The van der Waals surface area contributed by atoms with Crippen LogP contribution in [0, 0.1) is 0 Å². The molecular weight excluding hydrogens is 320 g/mol. The lowest BCUT2D eigenvalue weighted by molar-refractivity contribution is 0.0493. The lowest BCUT2D eigenvalue weighted by Gasteiger charge is -2.08. The molecule has 0 unspecified atom stereocenters. The highest BCUT2D eigenvalue weighted by Crippen LogP contribution is 2.23. The Morgan fingerprint density at radius 1 is 1.20 bits per heavy atom. The highest BCUT2D eigenvalue weighted by atomic mass is 16.5. The molecule has 1 aromatic carbocycles. The number of nitrogens with zero attached hydrogens (tertiary/aromatic N) is 1. The molecule has 0 fully saturated rings. The van der Waals surface area contributed by atoms with Gasteiger partial charge in [0.25, 0.3) is 5.56 Å². The van der Waals surface area contributed by atoms with Crippen LogP contribution < -0.4 is 10.3 Å². The van der Waals surface area contributed by atoms with E-state index in [1.54, 1.807) is 48.8 Å². The van der Waals surface area contributed by atoms with Gasteiger partial charge in [-0.15, -0.1) is 0 Å². The molecule has 0 atom stereocenters. The summed E-state index contributed by atoms with van der Waals surface area (Å²) in [4.78, 5) is 30.9. The first-order chi connectivity index (χ1) is 12.2. The van der Waals surface area contributed by atoms with Gasteiger partial charge in [0.05, 0.1) is 18.2 Å². The third-order valence-corrected chi connectivity index (χ3v) is 3.64. The van der Waals surface area contributed by atoms with Crippen molar-refractivity contribution in [2.24, 2.45) is 0 Å². The first kappa shape index (κ1) is 16.7. The second-order valence-corrected chi connectivity index (χ2v) is 5.54. The monoisotopic (exact) mass is 338 g/mol. The van der Waals surface area contributed by atoms with Gasteiger partial charge in [0.15, 0.2) is 0 Å². The minimum absolute atomic E-state index is 0.148. The zero-order chi connectivity index (χ0) is 17.6. The second kappa shape index (κ2) is 7.61. The predicted octanol–water partition coefficient (Wildman–Crippen LogP) is 3.67. The lowest BCUT2D eigenvalue weighted by Crippen LogP contribution is -2.15. The van der Waals surface area contributed by atoms with E-state index < -0.39 is 5.97 Å². The second-order valence-electron chi connectivity index (χ2n) is 5.54. The Morgan fingerprint density at radius 3 is 2.84 bits per heavy atom. The number of unbranched alkanes of at least 4 members (excludes halogenated alkanes) is 1. The van der Waals surface area contributed by atoms with Gasteiger partial charge in [0.1, 0.15) is 17.2 Å². The van der Waals surface area contributed by atoms with Crippen molar-refractivity contribution < 1.29 is 14.3 Å². The Bertz CT molecular complexity index is 935. The Hall–Kier alpha value is -3.15. The number of hydrogen-bond donors (Lipinski definition) is 1. The number of carbonyl (C=O) groups is 1.